The number of amides is 1. The van der Waals surface area contributed by atoms with E-state index in [1.54, 1.807) is 6.07 Å². The predicted octanol–water partition coefficient (Wildman–Crippen LogP) is 2.42. The Hall–Kier alpha value is -1.42. The Kier molecular flexibility index (Phi) is 4.91. The van der Waals surface area contributed by atoms with Crippen LogP contribution in [0.4, 0.5) is 0 Å². The second kappa shape index (κ2) is 6.66. The number of hydrogen-bond acceptors (Lipinski definition) is 3. The Morgan fingerprint density at radius 1 is 1.47 bits per heavy atom. The minimum atomic E-state index is 0.000346. The van der Waals surface area contributed by atoms with Crippen LogP contribution in [0.15, 0.2) is 18.2 Å². The van der Waals surface area contributed by atoms with E-state index in [1.165, 1.54) is 6.42 Å². The normalized spacial score (nSPS) is 19.2. The number of rotatable bonds is 4. The number of carbonyl (C=O) groups is 1. The van der Waals surface area contributed by atoms with Crippen molar-refractivity contribution in [1.29, 1.82) is 0 Å². The lowest BCUT2D eigenvalue weighted by Gasteiger charge is -2.29. The van der Waals surface area contributed by atoms with E-state index in [2.05, 4.69) is 4.98 Å². The van der Waals surface area contributed by atoms with Gasteiger partial charge in [0.25, 0.3) is 5.91 Å². The molecule has 1 saturated heterocycles. The summed E-state index contributed by atoms with van der Waals surface area (Å²) in [7, 11) is 0. The number of likely N-dealkylation sites (N-methyl/N-ethyl adjacent to an activating group) is 1. The zero-order valence-electron chi connectivity index (χ0n) is 11.8. The highest BCUT2D eigenvalue weighted by Crippen LogP contribution is 2.15. The molecule has 0 saturated carbocycles. The van der Waals surface area contributed by atoms with Crippen LogP contribution in [-0.4, -0.2) is 41.6 Å². The first-order valence-corrected chi connectivity index (χ1v) is 7.05. The largest absolute Gasteiger partial charge is 0.376 e. The minimum absolute atomic E-state index is 0.000346. The van der Waals surface area contributed by atoms with Crippen LogP contribution in [0.5, 0.6) is 0 Å². The number of nitrogens with zero attached hydrogens (tertiary/aromatic N) is 2. The highest BCUT2D eigenvalue weighted by molar-refractivity contribution is 5.92. The zero-order valence-corrected chi connectivity index (χ0v) is 11.8. The fourth-order valence-corrected chi connectivity index (χ4v) is 2.38. The third-order valence-corrected chi connectivity index (χ3v) is 3.47. The molecule has 1 aliphatic heterocycles. The smallest absolute Gasteiger partial charge is 0.272 e. The molecule has 4 nitrogen and oxygen atoms in total. The average molecular weight is 262 g/mol. The maximum atomic E-state index is 12.4. The number of ether oxygens (including phenoxy) is 1. The fourth-order valence-electron chi connectivity index (χ4n) is 2.38. The molecule has 1 fully saturated rings. The van der Waals surface area contributed by atoms with Gasteiger partial charge in [0.2, 0.25) is 0 Å². The van der Waals surface area contributed by atoms with Crippen molar-refractivity contribution in [2.24, 2.45) is 0 Å². The lowest BCUT2D eigenvalue weighted by molar-refractivity contribution is -0.00323. The van der Waals surface area contributed by atoms with Crippen molar-refractivity contribution in [2.75, 3.05) is 19.7 Å². The van der Waals surface area contributed by atoms with Crippen molar-refractivity contribution in [3.8, 4) is 0 Å². The van der Waals surface area contributed by atoms with Crippen LogP contribution in [0.3, 0.4) is 0 Å². The Bertz CT molecular complexity index is 428. The van der Waals surface area contributed by atoms with Gasteiger partial charge in [0, 0.05) is 25.4 Å². The van der Waals surface area contributed by atoms with Crippen LogP contribution in [0.25, 0.3) is 0 Å². The Morgan fingerprint density at radius 3 is 2.95 bits per heavy atom. The molecule has 0 aromatic carbocycles. The number of aryl methyl sites for hydroxylation is 1. The molecule has 0 radical (unpaired) electrons. The number of hydrogen-bond donors (Lipinski definition) is 0. The summed E-state index contributed by atoms with van der Waals surface area (Å²) >= 11 is 0. The van der Waals surface area contributed by atoms with Crippen molar-refractivity contribution < 1.29 is 9.53 Å². The third-order valence-electron chi connectivity index (χ3n) is 3.47. The zero-order chi connectivity index (χ0) is 13.7. The van der Waals surface area contributed by atoms with E-state index < -0.39 is 0 Å². The van der Waals surface area contributed by atoms with Gasteiger partial charge in [-0.05, 0) is 45.2 Å². The van der Waals surface area contributed by atoms with Crippen molar-refractivity contribution >= 4 is 5.91 Å². The fraction of sp³-hybridized carbons (Fsp3) is 0.600. The quantitative estimate of drug-likeness (QED) is 0.837. The molecule has 2 heterocycles. The van der Waals surface area contributed by atoms with Gasteiger partial charge in [-0.15, -0.1) is 0 Å². The van der Waals surface area contributed by atoms with Crippen LogP contribution < -0.4 is 0 Å². The molecule has 2 rings (SSSR count). The Balaban J connectivity index is 2.02. The minimum Gasteiger partial charge on any atom is -0.376 e. The predicted molar refractivity (Wildman–Crippen MR) is 74.1 cm³/mol. The highest BCUT2D eigenvalue weighted by atomic mass is 16.5. The monoisotopic (exact) mass is 262 g/mol. The van der Waals surface area contributed by atoms with Gasteiger partial charge < -0.3 is 9.64 Å². The SMILES string of the molecule is CCN(C[C@@H]1CCCCO1)C(=O)c1cccc(C)n1. The first-order valence-electron chi connectivity index (χ1n) is 7.05. The van der Waals surface area contributed by atoms with E-state index in [9.17, 15) is 4.79 Å². The van der Waals surface area contributed by atoms with Crippen LogP contribution in [0.1, 0.15) is 42.4 Å². The van der Waals surface area contributed by atoms with E-state index in [1.807, 2.05) is 30.9 Å². The molecule has 0 aliphatic carbocycles. The molecule has 1 amide bonds. The molecule has 1 aromatic heterocycles. The lowest BCUT2D eigenvalue weighted by Crippen LogP contribution is -2.40. The maximum Gasteiger partial charge on any atom is 0.272 e. The van der Waals surface area contributed by atoms with E-state index in [-0.39, 0.29) is 12.0 Å². The van der Waals surface area contributed by atoms with E-state index in [0.29, 0.717) is 18.8 Å². The lowest BCUT2D eigenvalue weighted by atomic mass is 10.1. The molecule has 104 valence electrons. The molecule has 1 atom stereocenters. The van der Waals surface area contributed by atoms with Gasteiger partial charge >= 0.3 is 0 Å². The van der Waals surface area contributed by atoms with E-state index in [4.69, 9.17) is 4.74 Å². The van der Waals surface area contributed by atoms with Crippen molar-refractivity contribution in [3.63, 3.8) is 0 Å². The van der Waals surface area contributed by atoms with Crippen LogP contribution in [-0.2, 0) is 4.74 Å². The standard InChI is InChI=1S/C15H22N2O2/c1-3-17(11-13-8-4-5-10-19-13)15(18)14-9-6-7-12(2)16-14/h6-7,9,13H,3-5,8,10-11H2,1-2H3/t13-/m0/s1. The van der Waals surface area contributed by atoms with Crippen molar-refractivity contribution in [3.05, 3.63) is 29.6 Å². The second-order valence-corrected chi connectivity index (χ2v) is 5.00. The summed E-state index contributed by atoms with van der Waals surface area (Å²) in [5.74, 6) is 0.000346. The number of aromatic nitrogens is 1. The highest BCUT2D eigenvalue weighted by Gasteiger charge is 2.21. The topological polar surface area (TPSA) is 42.4 Å². The molecule has 1 aromatic rings. The van der Waals surface area contributed by atoms with Crippen LogP contribution in [0.2, 0.25) is 0 Å². The summed E-state index contributed by atoms with van der Waals surface area (Å²) in [6.07, 6.45) is 3.56. The molecule has 0 unspecified atom stereocenters. The van der Waals surface area contributed by atoms with E-state index >= 15 is 0 Å². The Morgan fingerprint density at radius 2 is 2.32 bits per heavy atom. The van der Waals surface area contributed by atoms with Gasteiger partial charge in [0.05, 0.1) is 6.10 Å². The van der Waals surface area contributed by atoms with Crippen molar-refractivity contribution in [1.82, 2.24) is 9.88 Å². The summed E-state index contributed by atoms with van der Waals surface area (Å²) in [5.41, 5.74) is 1.40. The van der Waals surface area contributed by atoms with Gasteiger partial charge in [-0.1, -0.05) is 6.07 Å². The van der Waals surface area contributed by atoms with Crippen molar-refractivity contribution in [2.45, 2.75) is 39.2 Å². The van der Waals surface area contributed by atoms with Crippen LogP contribution in [0, 0.1) is 6.92 Å². The molecular formula is C15H22N2O2. The molecule has 0 N–H and O–H groups in total. The molecule has 1 aliphatic rings. The average Bonchev–Trinajstić information content (AvgIpc) is 2.45. The van der Waals surface area contributed by atoms with Gasteiger partial charge in [-0.25, -0.2) is 4.98 Å². The van der Waals surface area contributed by atoms with Crippen LogP contribution >= 0.6 is 0 Å². The molecule has 0 spiro atoms. The van der Waals surface area contributed by atoms with Gasteiger partial charge in [0.15, 0.2) is 0 Å². The molecular weight excluding hydrogens is 240 g/mol. The second-order valence-electron chi connectivity index (χ2n) is 5.00. The third kappa shape index (κ3) is 3.77. The van der Waals surface area contributed by atoms with Gasteiger partial charge in [-0.2, -0.15) is 0 Å². The maximum absolute atomic E-state index is 12.4. The molecule has 4 heteroatoms. The summed E-state index contributed by atoms with van der Waals surface area (Å²) in [5, 5.41) is 0. The first-order chi connectivity index (χ1) is 9.20. The number of carbonyl (C=O) groups excluding carboxylic acids is 1. The molecule has 0 bridgehead atoms. The van der Waals surface area contributed by atoms with Gasteiger partial charge in [0.1, 0.15) is 5.69 Å². The first kappa shape index (κ1) is 14.0. The Labute approximate surface area is 114 Å². The van der Waals surface area contributed by atoms with Gasteiger partial charge in [-0.3, -0.25) is 4.79 Å². The summed E-state index contributed by atoms with van der Waals surface area (Å²) in [6.45, 7) is 6.08. The number of pyridine rings is 1. The van der Waals surface area contributed by atoms with E-state index in [0.717, 1.165) is 25.1 Å². The molecule has 19 heavy (non-hydrogen) atoms. The summed E-state index contributed by atoms with van der Waals surface area (Å²) in [4.78, 5) is 18.5. The summed E-state index contributed by atoms with van der Waals surface area (Å²) in [6, 6.07) is 5.55. The summed E-state index contributed by atoms with van der Waals surface area (Å²) < 4.78 is 5.71.